The summed E-state index contributed by atoms with van der Waals surface area (Å²) >= 11 is 0. The zero-order valence-corrected chi connectivity index (χ0v) is 8.51. The molecule has 3 nitrogen and oxygen atoms in total. The lowest BCUT2D eigenvalue weighted by Gasteiger charge is -2.13. The Balaban J connectivity index is 1.91. The molecule has 0 aromatic heterocycles. The van der Waals surface area contributed by atoms with Crippen molar-refractivity contribution >= 4 is 5.91 Å². The number of nitrogens with one attached hydrogen (secondary N) is 1. The number of likely N-dealkylation sites (tertiary alicyclic amines) is 1. The van der Waals surface area contributed by atoms with Crippen molar-refractivity contribution in [3.8, 4) is 0 Å². The van der Waals surface area contributed by atoms with E-state index in [4.69, 9.17) is 0 Å². The van der Waals surface area contributed by atoms with E-state index < -0.39 is 0 Å². The van der Waals surface area contributed by atoms with Crippen LogP contribution in [0.25, 0.3) is 0 Å². The van der Waals surface area contributed by atoms with Crippen LogP contribution in [0, 0.1) is 0 Å². The number of hydrogen-bond acceptors (Lipinski definition) is 2. The van der Waals surface area contributed by atoms with Gasteiger partial charge in [-0.15, -0.1) is 0 Å². The molecule has 0 atom stereocenters. The van der Waals surface area contributed by atoms with E-state index in [-0.39, 0.29) is 5.91 Å². The second kappa shape index (κ2) is 5.97. The van der Waals surface area contributed by atoms with Crippen LogP contribution in [0.3, 0.4) is 0 Å². The third kappa shape index (κ3) is 4.27. The smallest absolute Gasteiger partial charge is 0.219 e. The monoisotopic (exact) mass is 184 g/mol. The highest BCUT2D eigenvalue weighted by Gasteiger charge is 2.10. The molecule has 1 N–H and O–H groups in total. The van der Waals surface area contributed by atoms with Gasteiger partial charge in [0.1, 0.15) is 0 Å². The van der Waals surface area contributed by atoms with Crippen molar-refractivity contribution in [2.24, 2.45) is 0 Å². The van der Waals surface area contributed by atoms with Crippen LogP contribution in [0.1, 0.15) is 32.1 Å². The number of rotatable bonds is 5. The lowest BCUT2D eigenvalue weighted by atomic mass is 10.2. The van der Waals surface area contributed by atoms with Gasteiger partial charge in [0.2, 0.25) is 5.91 Å². The number of carbonyl (C=O) groups excluding carboxylic acids is 1. The summed E-state index contributed by atoms with van der Waals surface area (Å²) in [4.78, 5) is 13.4. The Kier molecular flexibility index (Phi) is 4.83. The normalized spacial score (nSPS) is 17.6. The lowest BCUT2D eigenvalue weighted by Crippen LogP contribution is -2.21. The molecule has 1 saturated heterocycles. The zero-order chi connectivity index (χ0) is 9.52. The molecule has 0 saturated carbocycles. The van der Waals surface area contributed by atoms with E-state index in [0.717, 1.165) is 12.8 Å². The van der Waals surface area contributed by atoms with Crippen molar-refractivity contribution in [2.45, 2.75) is 32.1 Å². The van der Waals surface area contributed by atoms with Crippen LogP contribution in [0.2, 0.25) is 0 Å². The van der Waals surface area contributed by atoms with Gasteiger partial charge in [-0.2, -0.15) is 0 Å². The summed E-state index contributed by atoms with van der Waals surface area (Å²) in [7, 11) is 1.70. The highest BCUT2D eigenvalue weighted by Crippen LogP contribution is 2.08. The van der Waals surface area contributed by atoms with Gasteiger partial charge in [0.25, 0.3) is 0 Å². The molecular weight excluding hydrogens is 164 g/mol. The maximum atomic E-state index is 10.9. The molecule has 0 unspecified atom stereocenters. The molecule has 0 spiro atoms. The summed E-state index contributed by atoms with van der Waals surface area (Å²) in [6.07, 6.45) is 5.58. The van der Waals surface area contributed by atoms with Crippen LogP contribution < -0.4 is 5.32 Å². The summed E-state index contributed by atoms with van der Waals surface area (Å²) in [5, 5.41) is 2.64. The first kappa shape index (κ1) is 10.5. The summed E-state index contributed by atoms with van der Waals surface area (Å²) in [5.41, 5.74) is 0. The lowest BCUT2D eigenvalue weighted by molar-refractivity contribution is -0.120. The van der Waals surface area contributed by atoms with Crippen molar-refractivity contribution in [1.82, 2.24) is 10.2 Å². The molecular formula is C10H20N2O. The van der Waals surface area contributed by atoms with Gasteiger partial charge in [0.15, 0.2) is 0 Å². The molecule has 1 aliphatic rings. The van der Waals surface area contributed by atoms with Crippen molar-refractivity contribution in [1.29, 1.82) is 0 Å². The quantitative estimate of drug-likeness (QED) is 0.646. The van der Waals surface area contributed by atoms with Gasteiger partial charge < -0.3 is 10.2 Å². The van der Waals surface area contributed by atoms with Crippen LogP contribution in [0.5, 0.6) is 0 Å². The van der Waals surface area contributed by atoms with Gasteiger partial charge in [0, 0.05) is 13.5 Å². The first-order chi connectivity index (χ1) is 6.33. The van der Waals surface area contributed by atoms with Gasteiger partial charge in [-0.25, -0.2) is 0 Å². The van der Waals surface area contributed by atoms with E-state index in [0.29, 0.717) is 6.42 Å². The van der Waals surface area contributed by atoms with Crippen LogP contribution >= 0.6 is 0 Å². The van der Waals surface area contributed by atoms with Crippen molar-refractivity contribution in [2.75, 3.05) is 26.7 Å². The van der Waals surface area contributed by atoms with Crippen LogP contribution in [0.4, 0.5) is 0 Å². The molecule has 1 fully saturated rings. The molecule has 13 heavy (non-hydrogen) atoms. The Morgan fingerprint density at radius 3 is 2.62 bits per heavy atom. The van der Waals surface area contributed by atoms with E-state index in [2.05, 4.69) is 10.2 Å². The molecule has 0 aromatic rings. The second-order valence-corrected chi connectivity index (χ2v) is 3.68. The SMILES string of the molecule is CNC(=O)CCCCN1CCCC1. The van der Waals surface area contributed by atoms with Crippen molar-refractivity contribution in [3.05, 3.63) is 0 Å². The van der Waals surface area contributed by atoms with Crippen LogP contribution in [-0.2, 0) is 4.79 Å². The molecule has 1 heterocycles. The Morgan fingerprint density at radius 1 is 1.31 bits per heavy atom. The Morgan fingerprint density at radius 2 is 2.00 bits per heavy atom. The largest absolute Gasteiger partial charge is 0.359 e. The predicted octanol–water partition coefficient (Wildman–Crippen LogP) is 0.998. The minimum absolute atomic E-state index is 0.168. The minimum atomic E-state index is 0.168. The number of amides is 1. The van der Waals surface area contributed by atoms with E-state index in [1.165, 1.54) is 32.5 Å². The summed E-state index contributed by atoms with van der Waals surface area (Å²) in [6.45, 7) is 3.71. The van der Waals surface area contributed by atoms with Gasteiger partial charge >= 0.3 is 0 Å². The molecule has 76 valence electrons. The maximum absolute atomic E-state index is 10.9. The van der Waals surface area contributed by atoms with E-state index in [1.807, 2.05) is 0 Å². The molecule has 0 aliphatic carbocycles. The maximum Gasteiger partial charge on any atom is 0.219 e. The average molecular weight is 184 g/mol. The highest BCUT2D eigenvalue weighted by molar-refractivity contribution is 5.75. The summed E-state index contributed by atoms with van der Waals surface area (Å²) in [6, 6.07) is 0. The Bertz CT molecular complexity index is 153. The zero-order valence-electron chi connectivity index (χ0n) is 8.51. The van der Waals surface area contributed by atoms with Gasteiger partial charge in [-0.1, -0.05) is 0 Å². The van der Waals surface area contributed by atoms with Gasteiger partial charge in [-0.05, 0) is 45.3 Å². The second-order valence-electron chi connectivity index (χ2n) is 3.68. The van der Waals surface area contributed by atoms with Gasteiger partial charge in [0.05, 0.1) is 0 Å². The molecule has 1 amide bonds. The standard InChI is InChI=1S/C10H20N2O/c1-11-10(13)6-2-3-7-12-8-4-5-9-12/h2-9H2,1H3,(H,11,13). The van der Waals surface area contributed by atoms with Crippen LogP contribution in [-0.4, -0.2) is 37.5 Å². The first-order valence-electron chi connectivity index (χ1n) is 5.26. The van der Waals surface area contributed by atoms with Gasteiger partial charge in [-0.3, -0.25) is 4.79 Å². The predicted molar refractivity (Wildman–Crippen MR) is 53.6 cm³/mol. The molecule has 0 bridgehead atoms. The Hall–Kier alpha value is -0.570. The van der Waals surface area contributed by atoms with Crippen molar-refractivity contribution < 1.29 is 4.79 Å². The number of unbranched alkanes of at least 4 members (excludes halogenated alkanes) is 1. The number of carbonyl (C=O) groups is 1. The molecule has 0 radical (unpaired) electrons. The third-order valence-corrected chi connectivity index (χ3v) is 2.61. The fourth-order valence-electron chi connectivity index (χ4n) is 1.75. The third-order valence-electron chi connectivity index (χ3n) is 2.61. The molecule has 3 heteroatoms. The first-order valence-corrected chi connectivity index (χ1v) is 5.26. The fourth-order valence-corrected chi connectivity index (χ4v) is 1.75. The minimum Gasteiger partial charge on any atom is -0.359 e. The number of hydrogen-bond donors (Lipinski definition) is 1. The summed E-state index contributed by atoms with van der Waals surface area (Å²) < 4.78 is 0. The topological polar surface area (TPSA) is 32.3 Å². The van der Waals surface area contributed by atoms with E-state index in [1.54, 1.807) is 7.05 Å². The highest BCUT2D eigenvalue weighted by atomic mass is 16.1. The molecule has 1 aliphatic heterocycles. The summed E-state index contributed by atoms with van der Waals surface area (Å²) in [5.74, 6) is 0.168. The van der Waals surface area contributed by atoms with E-state index in [9.17, 15) is 4.79 Å². The van der Waals surface area contributed by atoms with Crippen LogP contribution in [0.15, 0.2) is 0 Å². The fraction of sp³-hybridized carbons (Fsp3) is 0.900. The average Bonchev–Trinajstić information content (AvgIpc) is 2.64. The Labute approximate surface area is 80.5 Å². The molecule has 1 rings (SSSR count). The van der Waals surface area contributed by atoms with E-state index >= 15 is 0 Å². The molecule has 0 aromatic carbocycles. The van der Waals surface area contributed by atoms with Crippen molar-refractivity contribution in [3.63, 3.8) is 0 Å². The number of nitrogens with zero attached hydrogens (tertiary/aromatic N) is 1.